The second-order valence-electron chi connectivity index (χ2n) is 6.37. The summed E-state index contributed by atoms with van der Waals surface area (Å²) in [6, 6.07) is 11.5. The molecule has 0 unspecified atom stereocenters. The van der Waals surface area contributed by atoms with Gasteiger partial charge in [0.05, 0.1) is 6.20 Å². The van der Waals surface area contributed by atoms with E-state index in [1.807, 2.05) is 31.2 Å². The van der Waals surface area contributed by atoms with Crippen LogP contribution in [0.2, 0.25) is 0 Å². The van der Waals surface area contributed by atoms with Gasteiger partial charge in [0.2, 0.25) is 0 Å². The highest BCUT2D eigenvalue weighted by Crippen LogP contribution is 2.27. The Morgan fingerprint density at radius 2 is 1.79 bits per heavy atom. The number of hydrogen-bond acceptors (Lipinski definition) is 3. The Balaban J connectivity index is 1.85. The van der Waals surface area contributed by atoms with Crippen LogP contribution in [-0.4, -0.2) is 18.3 Å². The third kappa shape index (κ3) is 3.07. The molecule has 0 aliphatic rings. The van der Waals surface area contributed by atoms with Gasteiger partial charge in [-0.3, -0.25) is 0 Å². The van der Waals surface area contributed by atoms with E-state index in [0.717, 1.165) is 27.2 Å². The number of alkyl halides is 2. The molecule has 0 spiro atoms. The molecule has 0 bridgehead atoms. The molecule has 144 valence electrons. The van der Waals surface area contributed by atoms with Gasteiger partial charge in [0, 0.05) is 16.3 Å². The number of sulfonamides is 1. The van der Waals surface area contributed by atoms with E-state index < -0.39 is 32.7 Å². The molecule has 0 saturated heterocycles. The Morgan fingerprint density at radius 1 is 1.04 bits per heavy atom. The third-order valence-electron chi connectivity index (χ3n) is 4.41. The lowest BCUT2D eigenvalue weighted by Crippen LogP contribution is -2.25. The third-order valence-corrected chi connectivity index (χ3v) is 5.71. The zero-order valence-corrected chi connectivity index (χ0v) is 15.3. The normalized spacial score (nSPS) is 12.2. The number of hydrogen-bond donors (Lipinski definition) is 1. The van der Waals surface area contributed by atoms with E-state index in [2.05, 4.69) is 9.93 Å². The van der Waals surface area contributed by atoms with Gasteiger partial charge in [-0.15, -0.1) is 0 Å². The predicted molar refractivity (Wildman–Crippen MR) is 99.9 cm³/mol. The van der Waals surface area contributed by atoms with E-state index in [1.54, 1.807) is 6.07 Å². The monoisotopic (exact) mass is 405 g/mol. The summed E-state index contributed by atoms with van der Waals surface area (Å²) < 4.78 is 65.2. The van der Waals surface area contributed by atoms with Gasteiger partial charge in [-0.25, -0.2) is 13.2 Å². The number of fused-ring (bicyclic) bond motifs is 3. The molecule has 4 aromatic rings. The molecule has 28 heavy (non-hydrogen) atoms. The quantitative estimate of drug-likeness (QED) is 0.544. The standard InChI is InChI=1S/C19H14F3N3O2S/c1-11-2-6-15-12(8-11)3-4-14-10-23-25(18(14)15)24-28(26,27)17-9-13(19(21)22)5-7-16(17)20/h2-10,19,24H,1H3. The summed E-state index contributed by atoms with van der Waals surface area (Å²) >= 11 is 0. The molecular weight excluding hydrogens is 391 g/mol. The van der Waals surface area contributed by atoms with Crippen molar-refractivity contribution in [2.45, 2.75) is 18.2 Å². The minimum Gasteiger partial charge on any atom is -0.205 e. The zero-order valence-electron chi connectivity index (χ0n) is 14.5. The first-order valence-electron chi connectivity index (χ1n) is 8.24. The minimum atomic E-state index is -4.50. The summed E-state index contributed by atoms with van der Waals surface area (Å²) in [5.41, 5.74) is 0.920. The Morgan fingerprint density at radius 3 is 2.54 bits per heavy atom. The maximum Gasteiger partial charge on any atom is 0.279 e. The van der Waals surface area contributed by atoms with Crippen LogP contribution in [0.5, 0.6) is 0 Å². The van der Waals surface area contributed by atoms with Gasteiger partial charge in [0.25, 0.3) is 16.4 Å². The van der Waals surface area contributed by atoms with Crippen molar-refractivity contribution in [1.29, 1.82) is 0 Å². The van der Waals surface area contributed by atoms with Crippen LogP contribution in [0.4, 0.5) is 13.2 Å². The molecule has 4 rings (SSSR count). The predicted octanol–water partition coefficient (Wildman–Crippen LogP) is 4.51. The first kappa shape index (κ1) is 18.3. The van der Waals surface area contributed by atoms with Crippen molar-refractivity contribution in [2.24, 2.45) is 0 Å². The molecule has 3 aromatic carbocycles. The fourth-order valence-corrected chi connectivity index (χ4v) is 4.14. The molecule has 1 heterocycles. The smallest absolute Gasteiger partial charge is 0.205 e. The Bertz CT molecular complexity index is 1320. The maximum absolute atomic E-state index is 14.1. The van der Waals surface area contributed by atoms with Crippen molar-refractivity contribution in [2.75, 3.05) is 4.83 Å². The van der Waals surface area contributed by atoms with Gasteiger partial charge in [-0.05, 0) is 24.4 Å². The summed E-state index contributed by atoms with van der Waals surface area (Å²) in [4.78, 5) is 2.30. The summed E-state index contributed by atoms with van der Waals surface area (Å²) in [7, 11) is -4.50. The number of nitrogens with one attached hydrogen (secondary N) is 1. The Labute approximate surface area is 158 Å². The topological polar surface area (TPSA) is 64.0 Å². The van der Waals surface area contributed by atoms with Gasteiger partial charge < -0.3 is 0 Å². The molecule has 0 fully saturated rings. The summed E-state index contributed by atoms with van der Waals surface area (Å²) in [5, 5.41) is 6.30. The van der Waals surface area contributed by atoms with Crippen LogP contribution in [0, 0.1) is 12.7 Å². The van der Waals surface area contributed by atoms with Gasteiger partial charge in [-0.1, -0.05) is 42.0 Å². The van der Waals surface area contributed by atoms with E-state index in [0.29, 0.717) is 23.0 Å². The summed E-state index contributed by atoms with van der Waals surface area (Å²) in [5.74, 6) is -1.13. The van der Waals surface area contributed by atoms with Gasteiger partial charge >= 0.3 is 0 Å². The Hall–Kier alpha value is -3.07. The molecule has 0 saturated carbocycles. The van der Waals surface area contributed by atoms with E-state index in [9.17, 15) is 21.6 Å². The van der Waals surface area contributed by atoms with E-state index >= 15 is 0 Å². The lowest BCUT2D eigenvalue weighted by molar-refractivity contribution is 0.151. The second kappa shape index (κ2) is 6.52. The summed E-state index contributed by atoms with van der Waals surface area (Å²) in [6.07, 6.45) is -1.46. The van der Waals surface area contributed by atoms with E-state index in [-0.39, 0.29) is 0 Å². The van der Waals surface area contributed by atoms with Crippen LogP contribution in [0.25, 0.3) is 21.7 Å². The molecule has 0 radical (unpaired) electrons. The van der Waals surface area contributed by atoms with Crippen molar-refractivity contribution < 1.29 is 21.6 Å². The number of aromatic nitrogens is 2. The average Bonchev–Trinajstić information content (AvgIpc) is 3.04. The van der Waals surface area contributed by atoms with Crippen LogP contribution in [0.1, 0.15) is 17.6 Å². The number of benzene rings is 3. The molecule has 9 heteroatoms. The van der Waals surface area contributed by atoms with E-state index in [1.165, 1.54) is 6.20 Å². The van der Waals surface area contributed by atoms with Gasteiger partial charge in [0.1, 0.15) is 16.2 Å². The molecule has 0 aliphatic heterocycles. The number of rotatable bonds is 4. The Kier molecular flexibility index (Phi) is 4.26. The molecule has 1 N–H and O–H groups in total. The highest BCUT2D eigenvalue weighted by molar-refractivity contribution is 7.92. The molecule has 0 amide bonds. The van der Waals surface area contributed by atoms with Crippen LogP contribution in [0.15, 0.2) is 59.6 Å². The maximum atomic E-state index is 14.1. The highest BCUT2D eigenvalue weighted by atomic mass is 32.2. The van der Waals surface area contributed by atoms with Crippen LogP contribution in [0.3, 0.4) is 0 Å². The molecule has 1 aromatic heterocycles. The molecule has 0 aliphatic carbocycles. The van der Waals surface area contributed by atoms with E-state index in [4.69, 9.17) is 0 Å². The first-order valence-corrected chi connectivity index (χ1v) is 9.72. The number of nitrogens with zero attached hydrogens (tertiary/aromatic N) is 2. The fraction of sp³-hybridized carbons (Fsp3) is 0.105. The SMILES string of the molecule is Cc1ccc2c(ccc3cnn(NS(=O)(=O)c4cc(C(F)F)ccc4F)c32)c1. The van der Waals surface area contributed by atoms with Crippen molar-refractivity contribution in [1.82, 2.24) is 9.89 Å². The average molecular weight is 405 g/mol. The van der Waals surface area contributed by atoms with Crippen LogP contribution >= 0.6 is 0 Å². The zero-order chi connectivity index (χ0) is 20.1. The number of halogens is 3. The molecule has 5 nitrogen and oxygen atoms in total. The fourth-order valence-electron chi connectivity index (χ4n) is 3.06. The summed E-state index contributed by atoms with van der Waals surface area (Å²) in [6.45, 7) is 1.93. The lowest BCUT2D eigenvalue weighted by atomic mass is 10.1. The molecule has 0 atom stereocenters. The van der Waals surface area contributed by atoms with Crippen LogP contribution < -0.4 is 4.83 Å². The minimum absolute atomic E-state index is 0.478. The first-order chi connectivity index (χ1) is 13.3. The van der Waals surface area contributed by atoms with Crippen molar-refractivity contribution in [3.05, 3.63) is 71.7 Å². The van der Waals surface area contributed by atoms with Crippen molar-refractivity contribution >= 4 is 31.7 Å². The van der Waals surface area contributed by atoms with Crippen molar-refractivity contribution in [3.63, 3.8) is 0 Å². The van der Waals surface area contributed by atoms with Gasteiger partial charge in [-0.2, -0.15) is 23.1 Å². The van der Waals surface area contributed by atoms with Crippen LogP contribution in [-0.2, 0) is 10.0 Å². The lowest BCUT2D eigenvalue weighted by Gasteiger charge is -2.12. The largest absolute Gasteiger partial charge is 0.279 e. The molecular formula is C19H14F3N3O2S. The van der Waals surface area contributed by atoms with Gasteiger partial charge in [0.15, 0.2) is 0 Å². The highest BCUT2D eigenvalue weighted by Gasteiger charge is 2.23. The second-order valence-corrected chi connectivity index (χ2v) is 8.00. The van der Waals surface area contributed by atoms with Crippen molar-refractivity contribution in [3.8, 4) is 0 Å². The number of aryl methyl sites for hydroxylation is 1.